The highest BCUT2D eigenvalue weighted by Crippen LogP contribution is 2.15. The summed E-state index contributed by atoms with van der Waals surface area (Å²) in [4.78, 5) is 36.9. The molecule has 112 valence electrons. The zero-order chi connectivity index (χ0) is 15.2. The van der Waals surface area contributed by atoms with Gasteiger partial charge in [0.2, 0.25) is 11.8 Å². The van der Waals surface area contributed by atoms with E-state index in [0.29, 0.717) is 18.5 Å². The van der Waals surface area contributed by atoms with Crippen molar-refractivity contribution in [3.05, 3.63) is 35.9 Å². The summed E-state index contributed by atoms with van der Waals surface area (Å²) in [7, 11) is 1.27. The second-order valence-electron chi connectivity index (χ2n) is 4.85. The number of methoxy groups -OCH3 is 1. The molecule has 1 heterocycles. The van der Waals surface area contributed by atoms with Crippen LogP contribution in [0.25, 0.3) is 0 Å². The lowest BCUT2D eigenvalue weighted by molar-refractivity contribution is -0.145. The minimum atomic E-state index is -0.860. The van der Waals surface area contributed by atoms with Gasteiger partial charge in [0.1, 0.15) is 0 Å². The Morgan fingerprint density at radius 3 is 2.62 bits per heavy atom. The highest BCUT2D eigenvalue weighted by atomic mass is 16.5. The Kier molecular flexibility index (Phi) is 4.92. The molecule has 1 N–H and O–H groups in total. The molecule has 1 aliphatic heterocycles. The van der Waals surface area contributed by atoms with Crippen LogP contribution >= 0.6 is 0 Å². The molecule has 21 heavy (non-hydrogen) atoms. The molecule has 0 aliphatic carbocycles. The van der Waals surface area contributed by atoms with E-state index >= 15 is 0 Å². The first-order chi connectivity index (χ1) is 10.1. The van der Waals surface area contributed by atoms with E-state index in [1.807, 2.05) is 6.07 Å². The van der Waals surface area contributed by atoms with Crippen molar-refractivity contribution in [3.8, 4) is 0 Å². The molecule has 0 spiro atoms. The number of rotatable bonds is 5. The van der Waals surface area contributed by atoms with Crippen LogP contribution in [0.3, 0.4) is 0 Å². The molecule has 6 nitrogen and oxygen atoms in total. The minimum absolute atomic E-state index is 0.0283. The topological polar surface area (TPSA) is 75.7 Å². The molecule has 1 aliphatic rings. The molecule has 2 rings (SSSR count). The lowest BCUT2D eigenvalue weighted by atomic mass is 10.1. The maximum atomic E-state index is 12.0. The van der Waals surface area contributed by atoms with Crippen molar-refractivity contribution in [2.45, 2.75) is 18.9 Å². The summed E-state index contributed by atoms with van der Waals surface area (Å²) in [6.07, 6.45) is 1.25. The highest BCUT2D eigenvalue weighted by molar-refractivity contribution is 5.89. The lowest BCUT2D eigenvalue weighted by Gasteiger charge is -2.20. The van der Waals surface area contributed by atoms with Crippen molar-refractivity contribution in [3.63, 3.8) is 0 Å². The number of nitrogens with zero attached hydrogens (tertiary/aromatic N) is 1. The summed E-state index contributed by atoms with van der Waals surface area (Å²) >= 11 is 0. The van der Waals surface area contributed by atoms with Crippen molar-refractivity contribution >= 4 is 17.8 Å². The number of esters is 1. The van der Waals surface area contributed by atoms with Crippen LogP contribution in [0.5, 0.6) is 0 Å². The number of amides is 2. The number of ether oxygens (including phenoxy) is 1. The van der Waals surface area contributed by atoms with Gasteiger partial charge in [-0.2, -0.15) is 0 Å². The number of carbonyl (C=O) groups is 3. The van der Waals surface area contributed by atoms with Gasteiger partial charge in [-0.05, 0) is 12.0 Å². The van der Waals surface area contributed by atoms with E-state index in [1.54, 1.807) is 24.3 Å². The molecule has 1 atom stereocenters. The van der Waals surface area contributed by atoms with E-state index in [-0.39, 0.29) is 18.4 Å². The van der Waals surface area contributed by atoms with Gasteiger partial charge in [-0.1, -0.05) is 30.3 Å². The maximum Gasteiger partial charge on any atom is 0.333 e. The van der Waals surface area contributed by atoms with Gasteiger partial charge in [0.15, 0.2) is 6.04 Å². The van der Waals surface area contributed by atoms with Crippen LogP contribution in [0.2, 0.25) is 0 Å². The van der Waals surface area contributed by atoms with E-state index in [2.05, 4.69) is 5.32 Å². The van der Waals surface area contributed by atoms with Gasteiger partial charge in [0, 0.05) is 13.0 Å². The first-order valence-corrected chi connectivity index (χ1v) is 6.81. The molecule has 0 aromatic heterocycles. The Hall–Kier alpha value is -2.37. The first kappa shape index (κ1) is 15.0. The molecule has 2 amide bonds. The number of carbonyl (C=O) groups excluding carboxylic acids is 3. The molecule has 1 saturated heterocycles. The van der Waals surface area contributed by atoms with Crippen molar-refractivity contribution in [1.29, 1.82) is 0 Å². The largest absolute Gasteiger partial charge is 0.467 e. The van der Waals surface area contributed by atoms with Crippen LogP contribution in [0.15, 0.2) is 30.3 Å². The van der Waals surface area contributed by atoms with E-state index in [9.17, 15) is 14.4 Å². The molecule has 1 aromatic carbocycles. The van der Waals surface area contributed by atoms with Crippen molar-refractivity contribution in [2.24, 2.45) is 0 Å². The molecule has 0 radical (unpaired) electrons. The Bertz CT molecular complexity index is 530. The predicted octanol–water partition coefficient (Wildman–Crippen LogP) is 0.639. The predicted molar refractivity (Wildman–Crippen MR) is 75.2 cm³/mol. The monoisotopic (exact) mass is 290 g/mol. The summed E-state index contributed by atoms with van der Waals surface area (Å²) in [6.45, 7) is 0.555. The molecule has 1 unspecified atom stereocenters. The van der Waals surface area contributed by atoms with Crippen LogP contribution in [0.1, 0.15) is 24.4 Å². The third-order valence-corrected chi connectivity index (χ3v) is 3.38. The summed E-state index contributed by atoms with van der Waals surface area (Å²) in [5, 5.41) is 2.62. The van der Waals surface area contributed by atoms with Crippen molar-refractivity contribution in [2.75, 3.05) is 20.2 Å². The Morgan fingerprint density at radius 1 is 1.33 bits per heavy atom. The number of nitrogens with one attached hydrogen (secondary N) is 1. The molecule has 0 bridgehead atoms. The fourth-order valence-corrected chi connectivity index (χ4v) is 2.29. The summed E-state index contributed by atoms with van der Waals surface area (Å²) in [5.41, 5.74) is 0.644. The number of likely N-dealkylation sites (tertiary alicyclic amines) is 1. The van der Waals surface area contributed by atoms with Crippen LogP contribution in [-0.4, -0.2) is 42.9 Å². The zero-order valence-electron chi connectivity index (χ0n) is 11.9. The smallest absolute Gasteiger partial charge is 0.333 e. The summed E-state index contributed by atoms with van der Waals surface area (Å²) < 4.78 is 4.72. The zero-order valence-corrected chi connectivity index (χ0v) is 11.9. The average Bonchev–Trinajstić information content (AvgIpc) is 2.90. The molecule has 6 heteroatoms. The lowest BCUT2D eigenvalue weighted by Crippen LogP contribution is -2.41. The third-order valence-electron chi connectivity index (χ3n) is 3.38. The van der Waals surface area contributed by atoms with Crippen LogP contribution in [0, 0.1) is 0 Å². The van der Waals surface area contributed by atoms with E-state index in [4.69, 9.17) is 4.74 Å². The SMILES string of the molecule is COC(=O)C(NC(=O)CN1CCCC1=O)c1ccccc1. The van der Waals surface area contributed by atoms with E-state index in [0.717, 1.165) is 6.42 Å². The maximum absolute atomic E-state index is 12.0. The fraction of sp³-hybridized carbons (Fsp3) is 0.400. The first-order valence-electron chi connectivity index (χ1n) is 6.81. The highest BCUT2D eigenvalue weighted by Gasteiger charge is 2.27. The molecule has 0 saturated carbocycles. The number of benzene rings is 1. The molecule has 1 fully saturated rings. The minimum Gasteiger partial charge on any atom is -0.467 e. The Morgan fingerprint density at radius 2 is 2.05 bits per heavy atom. The van der Waals surface area contributed by atoms with E-state index < -0.39 is 12.0 Å². The van der Waals surface area contributed by atoms with Gasteiger partial charge in [0.05, 0.1) is 13.7 Å². The quantitative estimate of drug-likeness (QED) is 0.807. The Balaban J connectivity index is 2.03. The summed E-state index contributed by atoms with van der Waals surface area (Å²) in [5.74, 6) is -0.939. The van der Waals surface area contributed by atoms with Crippen molar-refractivity contribution in [1.82, 2.24) is 10.2 Å². The van der Waals surface area contributed by atoms with Gasteiger partial charge >= 0.3 is 5.97 Å². The average molecular weight is 290 g/mol. The number of hydrogen-bond acceptors (Lipinski definition) is 4. The second-order valence-corrected chi connectivity index (χ2v) is 4.85. The van der Waals surface area contributed by atoms with Gasteiger partial charge < -0.3 is 15.0 Å². The standard InChI is InChI=1S/C15H18N2O4/c1-21-15(20)14(11-6-3-2-4-7-11)16-12(18)10-17-9-5-8-13(17)19/h2-4,6-7,14H,5,8-10H2,1H3,(H,16,18). The van der Waals surface area contributed by atoms with Gasteiger partial charge in [-0.25, -0.2) is 4.79 Å². The Labute approximate surface area is 123 Å². The fourth-order valence-electron chi connectivity index (χ4n) is 2.29. The van der Waals surface area contributed by atoms with E-state index in [1.165, 1.54) is 12.0 Å². The molecular formula is C15H18N2O4. The summed E-state index contributed by atoms with van der Waals surface area (Å²) in [6, 6.07) is 8.00. The molecular weight excluding hydrogens is 272 g/mol. The third kappa shape index (κ3) is 3.81. The van der Waals surface area contributed by atoms with Crippen LogP contribution < -0.4 is 5.32 Å². The van der Waals surface area contributed by atoms with Crippen molar-refractivity contribution < 1.29 is 19.1 Å². The second kappa shape index (κ2) is 6.88. The van der Waals surface area contributed by atoms with Gasteiger partial charge in [-0.3, -0.25) is 9.59 Å². The molecule has 1 aromatic rings. The normalized spacial score (nSPS) is 15.7. The van der Waals surface area contributed by atoms with Crippen LogP contribution in [-0.2, 0) is 19.1 Å². The number of hydrogen-bond donors (Lipinski definition) is 1. The van der Waals surface area contributed by atoms with Crippen LogP contribution in [0.4, 0.5) is 0 Å². The van der Waals surface area contributed by atoms with Gasteiger partial charge in [-0.15, -0.1) is 0 Å². The van der Waals surface area contributed by atoms with Gasteiger partial charge in [0.25, 0.3) is 0 Å².